The zero-order valence-corrected chi connectivity index (χ0v) is 10.5. The van der Waals surface area contributed by atoms with Crippen LogP contribution in [0.1, 0.15) is 54.9 Å². The molecule has 1 aliphatic carbocycles. The van der Waals surface area contributed by atoms with E-state index in [0.717, 1.165) is 36.8 Å². The summed E-state index contributed by atoms with van der Waals surface area (Å²) < 4.78 is 0. The molecule has 0 bridgehead atoms. The van der Waals surface area contributed by atoms with E-state index < -0.39 is 0 Å². The molecule has 17 heavy (non-hydrogen) atoms. The third kappa shape index (κ3) is 3.06. The highest BCUT2D eigenvalue weighted by Gasteiger charge is 2.13. The number of carbonyl (C=O) groups is 1. The Balaban J connectivity index is 2.15. The molecule has 0 aliphatic heterocycles. The first kappa shape index (κ1) is 12.1. The number of rotatable bonds is 3. The van der Waals surface area contributed by atoms with Gasteiger partial charge in [-0.05, 0) is 43.2 Å². The Bertz CT molecular complexity index is 412. The summed E-state index contributed by atoms with van der Waals surface area (Å²) in [6.07, 6.45) is 8.82. The van der Waals surface area contributed by atoms with E-state index in [0.29, 0.717) is 0 Å². The second kappa shape index (κ2) is 5.81. The molecule has 0 heterocycles. The molecule has 90 valence electrons. The average Bonchev–Trinajstić information content (AvgIpc) is 2.67. The Labute approximate surface area is 104 Å². The third-order valence-corrected chi connectivity index (χ3v) is 3.46. The third-order valence-electron chi connectivity index (χ3n) is 3.46. The van der Waals surface area contributed by atoms with E-state index >= 15 is 0 Å². The topological polar surface area (TPSA) is 17.1 Å². The maximum Gasteiger partial charge on any atom is 0.188 e. The van der Waals surface area contributed by atoms with Gasteiger partial charge in [-0.3, -0.25) is 4.79 Å². The second-order valence-corrected chi connectivity index (χ2v) is 4.71. The largest absolute Gasteiger partial charge is 0.289 e. The van der Waals surface area contributed by atoms with Gasteiger partial charge in [0, 0.05) is 5.56 Å². The summed E-state index contributed by atoms with van der Waals surface area (Å²) in [4.78, 5) is 12.3. The smallest absolute Gasteiger partial charge is 0.188 e. The van der Waals surface area contributed by atoms with E-state index in [1.54, 1.807) is 0 Å². The number of allylic oxidation sites excluding steroid dienone is 2. The Morgan fingerprint density at radius 1 is 1.12 bits per heavy atom. The Morgan fingerprint density at radius 2 is 1.88 bits per heavy atom. The minimum absolute atomic E-state index is 0.231. The second-order valence-electron chi connectivity index (χ2n) is 4.71. The summed E-state index contributed by atoms with van der Waals surface area (Å²) in [5, 5.41) is 0. The summed E-state index contributed by atoms with van der Waals surface area (Å²) in [6, 6.07) is 8.05. The van der Waals surface area contributed by atoms with E-state index in [4.69, 9.17) is 0 Å². The van der Waals surface area contributed by atoms with E-state index in [2.05, 4.69) is 25.1 Å². The van der Waals surface area contributed by atoms with Gasteiger partial charge < -0.3 is 0 Å². The Kier molecular flexibility index (Phi) is 4.13. The number of benzene rings is 1. The molecule has 1 nitrogen and oxygen atoms in total. The number of hydrogen-bond acceptors (Lipinski definition) is 1. The fraction of sp³-hybridized carbons (Fsp3) is 0.438. The minimum Gasteiger partial charge on any atom is -0.289 e. The lowest BCUT2D eigenvalue weighted by molar-refractivity contribution is 0.103. The summed E-state index contributed by atoms with van der Waals surface area (Å²) >= 11 is 0. The average molecular weight is 228 g/mol. The van der Waals surface area contributed by atoms with Crippen LogP contribution in [0.3, 0.4) is 0 Å². The van der Waals surface area contributed by atoms with E-state index in [1.165, 1.54) is 18.4 Å². The quantitative estimate of drug-likeness (QED) is 0.704. The molecule has 0 spiro atoms. The molecule has 1 aliphatic rings. The molecule has 0 atom stereocenters. The molecule has 1 aromatic carbocycles. The zero-order valence-electron chi connectivity index (χ0n) is 10.5. The predicted octanol–water partition coefficient (Wildman–Crippen LogP) is 4.32. The van der Waals surface area contributed by atoms with Crippen molar-refractivity contribution in [2.75, 3.05) is 0 Å². The van der Waals surface area contributed by atoms with Gasteiger partial charge in [0.05, 0.1) is 0 Å². The van der Waals surface area contributed by atoms with Gasteiger partial charge in [0.25, 0.3) is 0 Å². The van der Waals surface area contributed by atoms with Crippen LogP contribution in [0.4, 0.5) is 0 Å². The number of ketones is 1. The maximum absolute atomic E-state index is 12.3. The highest BCUT2D eigenvalue weighted by Crippen LogP contribution is 2.21. The van der Waals surface area contributed by atoms with Crippen molar-refractivity contribution >= 4 is 5.78 Å². The molecular weight excluding hydrogens is 208 g/mol. The van der Waals surface area contributed by atoms with Crippen molar-refractivity contribution in [3.63, 3.8) is 0 Å². The van der Waals surface area contributed by atoms with Crippen LogP contribution in [-0.4, -0.2) is 5.78 Å². The van der Waals surface area contributed by atoms with Crippen LogP contribution in [0.5, 0.6) is 0 Å². The minimum atomic E-state index is 0.231. The van der Waals surface area contributed by atoms with Gasteiger partial charge in [0.2, 0.25) is 0 Å². The first-order valence-corrected chi connectivity index (χ1v) is 6.64. The molecule has 0 saturated carbocycles. The van der Waals surface area contributed by atoms with Gasteiger partial charge >= 0.3 is 0 Å². The van der Waals surface area contributed by atoms with Crippen LogP contribution < -0.4 is 0 Å². The number of Topliss-reactive ketones (excluding diaryl/α,β-unsaturated/α-hetero) is 1. The maximum atomic E-state index is 12.3. The summed E-state index contributed by atoms with van der Waals surface area (Å²) in [5.74, 6) is 0.231. The number of aryl methyl sites for hydroxylation is 1. The van der Waals surface area contributed by atoms with Gasteiger partial charge in [0.1, 0.15) is 0 Å². The van der Waals surface area contributed by atoms with Crippen molar-refractivity contribution in [1.82, 2.24) is 0 Å². The lowest BCUT2D eigenvalue weighted by Crippen LogP contribution is -2.03. The fourth-order valence-corrected chi connectivity index (χ4v) is 2.30. The number of hydrogen-bond donors (Lipinski definition) is 0. The fourth-order valence-electron chi connectivity index (χ4n) is 2.30. The first-order valence-electron chi connectivity index (χ1n) is 6.64. The highest BCUT2D eigenvalue weighted by atomic mass is 16.1. The molecule has 0 radical (unpaired) electrons. The Morgan fingerprint density at radius 3 is 2.59 bits per heavy atom. The zero-order chi connectivity index (χ0) is 12.1. The van der Waals surface area contributed by atoms with E-state index in [-0.39, 0.29) is 5.78 Å². The van der Waals surface area contributed by atoms with Gasteiger partial charge in [-0.2, -0.15) is 0 Å². The molecule has 1 aromatic rings. The van der Waals surface area contributed by atoms with E-state index in [9.17, 15) is 4.79 Å². The van der Waals surface area contributed by atoms with Crippen molar-refractivity contribution in [1.29, 1.82) is 0 Å². The molecule has 0 unspecified atom stereocenters. The highest BCUT2D eigenvalue weighted by molar-refractivity contribution is 6.08. The van der Waals surface area contributed by atoms with Crippen molar-refractivity contribution in [2.45, 2.75) is 45.4 Å². The SMILES string of the molecule is CCc1ccc(C(=O)C2=CCCCCC2)cc1. The molecule has 0 amide bonds. The summed E-state index contributed by atoms with van der Waals surface area (Å²) in [6.45, 7) is 2.13. The van der Waals surface area contributed by atoms with Crippen LogP contribution in [0.2, 0.25) is 0 Å². The van der Waals surface area contributed by atoms with Gasteiger partial charge in [-0.1, -0.05) is 43.7 Å². The summed E-state index contributed by atoms with van der Waals surface area (Å²) in [5.41, 5.74) is 3.15. The Hall–Kier alpha value is -1.37. The molecule has 0 fully saturated rings. The van der Waals surface area contributed by atoms with Gasteiger partial charge in [0.15, 0.2) is 5.78 Å². The van der Waals surface area contributed by atoms with Crippen LogP contribution in [0, 0.1) is 0 Å². The van der Waals surface area contributed by atoms with Gasteiger partial charge in [-0.25, -0.2) is 0 Å². The normalized spacial score (nSPS) is 16.2. The molecule has 0 aromatic heterocycles. The molecule has 0 saturated heterocycles. The lowest BCUT2D eigenvalue weighted by atomic mass is 9.98. The molecular formula is C16H20O. The monoisotopic (exact) mass is 228 g/mol. The van der Waals surface area contributed by atoms with Crippen LogP contribution >= 0.6 is 0 Å². The number of carbonyl (C=O) groups excluding carboxylic acids is 1. The predicted molar refractivity (Wildman–Crippen MR) is 71.3 cm³/mol. The van der Waals surface area contributed by atoms with Gasteiger partial charge in [-0.15, -0.1) is 0 Å². The van der Waals surface area contributed by atoms with Crippen LogP contribution in [-0.2, 0) is 6.42 Å². The van der Waals surface area contributed by atoms with Crippen molar-refractivity contribution in [3.05, 3.63) is 47.0 Å². The molecule has 1 heteroatoms. The van der Waals surface area contributed by atoms with Crippen molar-refractivity contribution < 1.29 is 4.79 Å². The summed E-state index contributed by atoms with van der Waals surface area (Å²) in [7, 11) is 0. The standard InChI is InChI=1S/C16H20O/c1-2-13-9-11-15(12-10-13)16(17)14-7-5-3-4-6-8-14/h7,9-12H,2-6,8H2,1H3. The lowest BCUT2D eigenvalue weighted by Gasteiger charge is -2.05. The first-order chi connectivity index (χ1) is 8.31. The van der Waals surface area contributed by atoms with Crippen LogP contribution in [0.15, 0.2) is 35.9 Å². The van der Waals surface area contributed by atoms with Crippen molar-refractivity contribution in [2.24, 2.45) is 0 Å². The van der Waals surface area contributed by atoms with Crippen LogP contribution in [0.25, 0.3) is 0 Å². The molecule has 0 N–H and O–H groups in total. The van der Waals surface area contributed by atoms with Crippen molar-refractivity contribution in [3.8, 4) is 0 Å². The van der Waals surface area contributed by atoms with E-state index in [1.807, 2.05) is 12.1 Å². The molecule has 2 rings (SSSR count).